The Morgan fingerprint density at radius 2 is 1.61 bits per heavy atom. The Kier molecular flexibility index (Phi) is 19.0. The molecule has 324 valence electrons. The molecule has 4 rings (SSSR count). The van der Waals surface area contributed by atoms with Crippen LogP contribution in [0, 0.1) is 29.6 Å². The lowest BCUT2D eigenvalue weighted by Crippen LogP contribution is -2.72. The molecule has 1 saturated carbocycles. The predicted octanol–water partition coefficient (Wildman–Crippen LogP) is 7.86. The van der Waals surface area contributed by atoms with Crippen molar-refractivity contribution in [1.82, 2.24) is 4.90 Å². The first-order chi connectivity index (χ1) is 26.8. The molecule has 2 saturated heterocycles. The summed E-state index contributed by atoms with van der Waals surface area (Å²) >= 11 is 0. The number of allylic oxidation sites excluding steroid dienone is 4. The van der Waals surface area contributed by atoms with E-state index in [4.69, 9.17) is 33.2 Å². The van der Waals surface area contributed by atoms with Crippen LogP contribution in [-0.2, 0) is 33.2 Å². The summed E-state index contributed by atoms with van der Waals surface area (Å²) in [5, 5.41) is 23.3. The number of aliphatic hydroxyl groups excluding tert-OH is 1. The average molecular weight is 792 g/mol. The smallest absolute Gasteiger partial charge is 0.236 e. The molecule has 2 bridgehead atoms. The zero-order valence-electron chi connectivity index (χ0n) is 36.9. The summed E-state index contributed by atoms with van der Waals surface area (Å²) in [6.07, 6.45) is 17.3. The molecule has 3 heterocycles. The van der Waals surface area contributed by atoms with E-state index in [1.54, 1.807) is 35.5 Å². The van der Waals surface area contributed by atoms with Gasteiger partial charge in [0.05, 0.1) is 43.7 Å². The molecule has 1 aliphatic carbocycles. The van der Waals surface area contributed by atoms with Crippen LogP contribution in [-0.4, -0.2) is 125 Å². The summed E-state index contributed by atoms with van der Waals surface area (Å²) in [4.78, 5) is 2.39. The van der Waals surface area contributed by atoms with E-state index in [0.29, 0.717) is 43.2 Å². The number of aliphatic hydroxyl groups is 2. The Morgan fingerprint density at radius 1 is 0.911 bits per heavy atom. The van der Waals surface area contributed by atoms with E-state index in [-0.39, 0.29) is 36.4 Å². The lowest BCUT2D eigenvalue weighted by molar-refractivity contribution is -0.438. The van der Waals surface area contributed by atoms with Crippen molar-refractivity contribution in [2.45, 2.75) is 172 Å². The maximum atomic E-state index is 12.8. The van der Waals surface area contributed by atoms with Gasteiger partial charge in [0, 0.05) is 47.5 Å². The van der Waals surface area contributed by atoms with Crippen LogP contribution >= 0.6 is 0 Å². The number of fused-ring (bicyclic) bond motifs is 3. The number of hydrogen-bond acceptors (Lipinski definition) is 10. The van der Waals surface area contributed by atoms with Crippen molar-refractivity contribution in [1.29, 1.82) is 0 Å². The molecule has 10 heteroatoms. The van der Waals surface area contributed by atoms with Gasteiger partial charge in [0.2, 0.25) is 11.6 Å². The number of nitrogens with zero attached hydrogens (tertiary/aromatic N) is 1. The normalized spacial score (nSPS) is 40.5. The molecule has 0 aromatic rings. The van der Waals surface area contributed by atoms with Gasteiger partial charge in [-0.25, -0.2) is 0 Å². The second-order valence-electron chi connectivity index (χ2n) is 18.1. The lowest BCUT2D eigenvalue weighted by Gasteiger charge is -2.55. The molecule has 13 atom stereocenters. The largest absolute Gasteiger partial charge is 0.390 e. The zero-order valence-corrected chi connectivity index (χ0v) is 36.9. The molecule has 13 unspecified atom stereocenters. The third-order valence-electron chi connectivity index (χ3n) is 13.8. The minimum Gasteiger partial charge on any atom is -0.390 e. The summed E-state index contributed by atoms with van der Waals surface area (Å²) in [6, 6.07) is 0.107. The molecule has 0 amide bonds. The van der Waals surface area contributed by atoms with Gasteiger partial charge in [0.1, 0.15) is 6.10 Å². The number of hydrogen-bond donors (Lipinski definition) is 2. The van der Waals surface area contributed by atoms with Crippen LogP contribution in [0.1, 0.15) is 118 Å². The van der Waals surface area contributed by atoms with Gasteiger partial charge >= 0.3 is 0 Å². The van der Waals surface area contributed by atoms with Gasteiger partial charge in [-0.3, -0.25) is 4.90 Å². The first kappa shape index (κ1) is 47.5. The lowest BCUT2D eigenvalue weighted by atomic mass is 9.80. The molecule has 0 spiro atoms. The standard InChI is InChI=1S/C46H81NO9/c1-12-16-36-18-15-17-33(4)43(34(5)26-37-20-21-39(48)40(28-37)50-7)55-29-38-19-13-14-22-47(38)30-45(53-10,54-11)46(49)35(6)27-42(52-9)44(56-46)41(51-8)25-32(3)23-31(2)24-36/h12,24,26,32-33,35-44,48-49H,1,13-23,25,27-30H2,2-11H3. The van der Waals surface area contributed by atoms with E-state index in [1.807, 2.05) is 6.92 Å². The molecule has 0 radical (unpaired) electrons. The monoisotopic (exact) mass is 792 g/mol. The van der Waals surface area contributed by atoms with Crippen LogP contribution in [0.15, 0.2) is 36.0 Å². The molecule has 10 nitrogen and oxygen atoms in total. The van der Waals surface area contributed by atoms with Crippen molar-refractivity contribution >= 4 is 0 Å². The van der Waals surface area contributed by atoms with Gasteiger partial charge in [0.25, 0.3) is 0 Å². The van der Waals surface area contributed by atoms with Gasteiger partial charge in [0.15, 0.2) is 0 Å². The maximum Gasteiger partial charge on any atom is 0.236 e. The molecule has 0 aromatic heterocycles. The summed E-state index contributed by atoms with van der Waals surface area (Å²) in [5.74, 6) is -2.23. The van der Waals surface area contributed by atoms with Gasteiger partial charge < -0.3 is 43.4 Å². The second kappa shape index (κ2) is 22.4. The molecular weight excluding hydrogens is 711 g/mol. The fourth-order valence-electron chi connectivity index (χ4n) is 10.6. The molecule has 56 heavy (non-hydrogen) atoms. The van der Waals surface area contributed by atoms with Crippen LogP contribution < -0.4 is 0 Å². The maximum absolute atomic E-state index is 12.8. The molecule has 4 aliphatic rings. The first-order valence-electron chi connectivity index (χ1n) is 21.9. The van der Waals surface area contributed by atoms with E-state index in [2.05, 4.69) is 57.4 Å². The fraction of sp³-hybridized carbons (Fsp3) is 0.870. The van der Waals surface area contributed by atoms with Crippen molar-refractivity contribution in [2.75, 3.05) is 55.2 Å². The molecule has 3 fully saturated rings. The number of rotatable bonds is 9. The van der Waals surface area contributed by atoms with Crippen LogP contribution in [0.25, 0.3) is 0 Å². The third-order valence-corrected chi connectivity index (χ3v) is 13.8. The highest BCUT2D eigenvalue weighted by Crippen LogP contribution is 2.45. The van der Waals surface area contributed by atoms with Gasteiger partial charge in [-0.2, -0.15) is 0 Å². The van der Waals surface area contributed by atoms with Gasteiger partial charge in [-0.1, -0.05) is 57.4 Å². The quantitative estimate of drug-likeness (QED) is 0.177. The van der Waals surface area contributed by atoms with E-state index >= 15 is 0 Å². The second-order valence-corrected chi connectivity index (χ2v) is 18.1. The van der Waals surface area contributed by atoms with E-state index < -0.39 is 23.8 Å². The Balaban J connectivity index is 1.72. The molecule has 0 aromatic carbocycles. The van der Waals surface area contributed by atoms with E-state index in [1.165, 1.54) is 11.1 Å². The average Bonchev–Trinajstić information content (AvgIpc) is 3.17. The number of ether oxygens (including phenoxy) is 7. The fourth-order valence-corrected chi connectivity index (χ4v) is 10.6. The van der Waals surface area contributed by atoms with Crippen LogP contribution in [0.5, 0.6) is 0 Å². The van der Waals surface area contributed by atoms with Crippen LogP contribution in [0.2, 0.25) is 0 Å². The van der Waals surface area contributed by atoms with Gasteiger partial charge in [-0.15, -0.1) is 6.58 Å². The Hall–Kier alpha value is -1.18. The van der Waals surface area contributed by atoms with Crippen molar-refractivity contribution in [3.63, 3.8) is 0 Å². The summed E-state index contributed by atoms with van der Waals surface area (Å²) in [5.41, 5.74) is 2.63. The molecular formula is C46H81NO9. The van der Waals surface area contributed by atoms with Crippen molar-refractivity contribution < 1.29 is 43.4 Å². The third kappa shape index (κ3) is 11.8. The zero-order chi connectivity index (χ0) is 41.0. The minimum atomic E-state index is -1.78. The Bertz CT molecular complexity index is 1240. The number of piperidine rings is 1. The number of methoxy groups -OCH3 is 5. The van der Waals surface area contributed by atoms with Crippen LogP contribution in [0.3, 0.4) is 0 Å². The van der Waals surface area contributed by atoms with Gasteiger partial charge in [-0.05, 0) is 120 Å². The highest BCUT2D eigenvalue weighted by molar-refractivity contribution is 5.11. The topological polar surface area (TPSA) is 108 Å². The van der Waals surface area contributed by atoms with E-state index in [0.717, 1.165) is 83.6 Å². The summed E-state index contributed by atoms with van der Waals surface area (Å²) in [7, 11) is 8.37. The van der Waals surface area contributed by atoms with Crippen molar-refractivity contribution in [3.8, 4) is 0 Å². The van der Waals surface area contributed by atoms with E-state index in [9.17, 15) is 10.2 Å². The molecule has 3 aliphatic heterocycles. The summed E-state index contributed by atoms with van der Waals surface area (Å²) in [6.45, 7) is 16.9. The molecule has 2 N–H and O–H groups in total. The summed E-state index contributed by atoms with van der Waals surface area (Å²) < 4.78 is 44.5. The Morgan fingerprint density at radius 3 is 2.27 bits per heavy atom. The van der Waals surface area contributed by atoms with Crippen molar-refractivity contribution in [2.24, 2.45) is 29.6 Å². The van der Waals surface area contributed by atoms with Crippen molar-refractivity contribution in [3.05, 3.63) is 36.0 Å². The predicted molar refractivity (Wildman–Crippen MR) is 222 cm³/mol. The first-order valence-corrected chi connectivity index (χ1v) is 21.9. The highest BCUT2D eigenvalue weighted by Gasteiger charge is 2.62. The highest BCUT2D eigenvalue weighted by atomic mass is 16.8. The van der Waals surface area contributed by atoms with Crippen LogP contribution in [0.4, 0.5) is 0 Å². The minimum absolute atomic E-state index is 0.0464. The SMILES string of the molecule is C=CCC1C=C(C)CC(C)CC(OC)C2OC(O)(C(C)CC2OC)C(OC)(OC)CN2CCCCC2COC(C(C)=CC2CCC(O)C(OC)C2)C(C)CCC1. The Labute approximate surface area is 340 Å².